The van der Waals surface area contributed by atoms with Gasteiger partial charge in [-0.15, -0.1) is 25.3 Å². The number of carbonyl (C=O) groups is 2. The second-order valence-electron chi connectivity index (χ2n) is 4.67. The molecule has 0 aromatic heterocycles. The normalized spacial score (nSPS) is 41.0. The monoisotopic (exact) mass is 230 g/mol. The van der Waals surface area contributed by atoms with E-state index in [0.717, 1.165) is 38.5 Å². The van der Waals surface area contributed by atoms with E-state index in [1.54, 1.807) is 0 Å². The highest BCUT2D eigenvalue weighted by atomic mass is 32.1. The fourth-order valence-corrected chi connectivity index (χ4v) is 3.50. The molecule has 2 nitrogen and oxygen atoms in total. The van der Waals surface area contributed by atoms with Crippen LogP contribution in [0, 0.1) is 10.8 Å². The summed E-state index contributed by atoms with van der Waals surface area (Å²) in [5, 5.41) is 0.0230. The predicted molar refractivity (Wildman–Crippen MR) is 60.6 cm³/mol. The lowest BCUT2D eigenvalue weighted by molar-refractivity contribution is -0.137. The maximum atomic E-state index is 11.4. The van der Waals surface area contributed by atoms with Gasteiger partial charge in [-0.25, -0.2) is 0 Å². The van der Waals surface area contributed by atoms with Crippen molar-refractivity contribution in [1.82, 2.24) is 0 Å². The minimum atomic E-state index is -0.214. The zero-order valence-corrected chi connectivity index (χ0v) is 9.74. The van der Waals surface area contributed by atoms with Crippen molar-refractivity contribution < 1.29 is 9.59 Å². The highest BCUT2D eigenvalue weighted by molar-refractivity contribution is 7.97. The second kappa shape index (κ2) is 3.27. The summed E-state index contributed by atoms with van der Waals surface area (Å²) < 4.78 is 0. The molecule has 0 amide bonds. The first-order valence-electron chi connectivity index (χ1n) is 4.98. The van der Waals surface area contributed by atoms with Crippen LogP contribution in [0.4, 0.5) is 0 Å². The smallest absolute Gasteiger partial charge is 0.192 e. The zero-order chi connectivity index (χ0) is 10.4. The Kier molecular flexibility index (Phi) is 2.47. The van der Waals surface area contributed by atoms with Crippen LogP contribution < -0.4 is 0 Å². The third-order valence-electron chi connectivity index (χ3n) is 4.15. The van der Waals surface area contributed by atoms with Crippen LogP contribution in [0.2, 0.25) is 0 Å². The van der Waals surface area contributed by atoms with Crippen LogP contribution in [0.25, 0.3) is 0 Å². The Bertz CT molecular complexity index is 244. The molecule has 0 aliphatic heterocycles. The van der Waals surface area contributed by atoms with Crippen molar-refractivity contribution in [3.05, 3.63) is 0 Å². The van der Waals surface area contributed by atoms with E-state index in [1.165, 1.54) is 0 Å². The maximum Gasteiger partial charge on any atom is 0.192 e. The lowest BCUT2D eigenvalue weighted by Crippen LogP contribution is -2.47. The molecule has 0 N–H and O–H groups in total. The van der Waals surface area contributed by atoms with E-state index in [9.17, 15) is 9.59 Å². The summed E-state index contributed by atoms with van der Waals surface area (Å²) in [7, 11) is 0. The van der Waals surface area contributed by atoms with Gasteiger partial charge in [0.15, 0.2) is 10.2 Å². The summed E-state index contributed by atoms with van der Waals surface area (Å²) in [6.45, 7) is 0. The van der Waals surface area contributed by atoms with E-state index in [4.69, 9.17) is 0 Å². The number of carbonyl (C=O) groups excluding carboxylic acids is 2. The zero-order valence-electron chi connectivity index (χ0n) is 7.95. The van der Waals surface area contributed by atoms with Crippen LogP contribution in [-0.2, 0) is 9.59 Å². The summed E-state index contributed by atoms with van der Waals surface area (Å²) in [6.07, 6.45) is 4.93. The van der Waals surface area contributed by atoms with Gasteiger partial charge in [-0.1, -0.05) is 0 Å². The summed E-state index contributed by atoms with van der Waals surface area (Å²) in [5.41, 5.74) is -0.428. The Hall–Kier alpha value is 0.0400. The molecule has 3 fully saturated rings. The van der Waals surface area contributed by atoms with Gasteiger partial charge in [0.1, 0.15) is 0 Å². The third kappa shape index (κ3) is 1.34. The van der Waals surface area contributed by atoms with E-state index in [2.05, 4.69) is 25.3 Å². The molecule has 3 aliphatic carbocycles. The van der Waals surface area contributed by atoms with E-state index in [-0.39, 0.29) is 21.1 Å². The van der Waals surface area contributed by atoms with Crippen molar-refractivity contribution in [2.45, 2.75) is 38.5 Å². The molecule has 2 bridgehead atoms. The van der Waals surface area contributed by atoms with Crippen molar-refractivity contribution in [2.75, 3.05) is 0 Å². The molecule has 78 valence electrons. The van der Waals surface area contributed by atoms with Crippen LogP contribution in [0.1, 0.15) is 38.5 Å². The van der Waals surface area contributed by atoms with Gasteiger partial charge in [0.25, 0.3) is 0 Å². The molecule has 4 heteroatoms. The fourth-order valence-electron chi connectivity index (χ4n) is 2.83. The van der Waals surface area contributed by atoms with Gasteiger partial charge in [-0.05, 0) is 38.5 Å². The predicted octanol–water partition coefficient (Wildman–Crippen LogP) is 2.24. The first kappa shape index (κ1) is 10.6. The molecular formula is C10H14O2S2. The van der Waals surface area contributed by atoms with Crippen molar-refractivity contribution in [3.63, 3.8) is 0 Å². The van der Waals surface area contributed by atoms with Crippen molar-refractivity contribution in [3.8, 4) is 0 Å². The molecule has 3 aliphatic rings. The van der Waals surface area contributed by atoms with Gasteiger partial charge >= 0.3 is 0 Å². The molecule has 0 radical (unpaired) electrons. The first-order chi connectivity index (χ1) is 6.51. The molecule has 3 saturated carbocycles. The quantitative estimate of drug-likeness (QED) is 0.713. The van der Waals surface area contributed by atoms with Crippen LogP contribution >= 0.6 is 25.3 Å². The first-order valence-corrected chi connectivity index (χ1v) is 5.87. The Labute approximate surface area is 94.6 Å². The molecule has 14 heavy (non-hydrogen) atoms. The Balaban J connectivity index is 2.21. The molecule has 3 rings (SSSR count). The number of hydrogen-bond acceptors (Lipinski definition) is 2. The summed E-state index contributed by atoms with van der Waals surface area (Å²) in [6, 6.07) is 0. The second-order valence-corrected chi connectivity index (χ2v) is 5.48. The minimum absolute atomic E-state index is 0.0115. The minimum Gasteiger partial charge on any atom is -0.287 e. The highest BCUT2D eigenvalue weighted by Crippen LogP contribution is 2.58. The Morgan fingerprint density at radius 1 is 0.714 bits per heavy atom. The van der Waals surface area contributed by atoms with E-state index in [0.29, 0.717) is 0 Å². The highest BCUT2D eigenvalue weighted by Gasteiger charge is 2.53. The average Bonchev–Trinajstić information content (AvgIpc) is 2.20. The Morgan fingerprint density at radius 2 is 0.929 bits per heavy atom. The van der Waals surface area contributed by atoms with E-state index >= 15 is 0 Å². The topological polar surface area (TPSA) is 34.1 Å². The number of rotatable bonds is 2. The van der Waals surface area contributed by atoms with Gasteiger partial charge in [-0.2, -0.15) is 0 Å². The van der Waals surface area contributed by atoms with Crippen LogP contribution in [0.15, 0.2) is 0 Å². The molecule has 0 heterocycles. The molecule has 0 spiro atoms. The lowest BCUT2D eigenvalue weighted by atomic mass is 9.54. The summed E-state index contributed by atoms with van der Waals surface area (Å²) in [5.74, 6) is 0. The molecule has 0 saturated heterocycles. The van der Waals surface area contributed by atoms with Gasteiger partial charge < -0.3 is 0 Å². The van der Waals surface area contributed by atoms with Gasteiger partial charge in [-0.3, -0.25) is 9.59 Å². The maximum absolute atomic E-state index is 11.4. The SMILES string of the molecule is O=C(S)C12CCC(C(=O)S)(CC1)CC2. The van der Waals surface area contributed by atoms with Crippen LogP contribution in [-0.4, -0.2) is 10.2 Å². The average molecular weight is 230 g/mol. The Morgan fingerprint density at radius 3 is 1.07 bits per heavy atom. The van der Waals surface area contributed by atoms with Crippen LogP contribution in [0.5, 0.6) is 0 Å². The molecule has 0 aromatic carbocycles. The summed E-state index contributed by atoms with van der Waals surface area (Å²) in [4.78, 5) is 22.8. The molecular weight excluding hydrogens is 216 g/mol. The summed E-state index contributed by atoms with van der Waals surface area (Å²) >= 11 is 7.94. The fraction of sp³-hybridized carbons (Fsp3) is 0.800. The third-order valence-corrected chi connectivity index (χ3v) is 5.10. The van der Waals surface area contributed by atoms with Gasteiger partial charge in [0, 0.05) is 10.8 Å². The van der Waals surface area contributed by atoms with E-state index < -0.39 is 0 Å². The van der Waals surface area contributed by atoms with Gasteiger partial charge in [0.2, 0.25) is 0 Å². The standard InChI is InChI=1S/C10H14O2S2/c11-7(13)9-1-2-10(5-3-9,6-4-9)8(12)14/h1-6H2,(H,11,13)(H,12,14). The number of thiol groups is 2. The molecule has 0 atom stereocenters. The number of hydrogen-bond donors (Lipinski definition) is 2. The van der Waals surface area contributed by atoms with Gasteiger partial charge in [0.05, 0.1) is 0 Å². The molecule has 0 unspecified atom stereocenters. The lowest BCUT2D eigenvalue weighted by Gasteiger charge is -2.50. The van der Waals surface area contributed by atoms with Crippen LogP contribution in [0.3, 0.4) is 0 Å². The van der Waals surface area contributed by atoms with E-state index in [1.807, 2.05) is 0 Å². The number of fused-ring (bicyclic) bond motifs is 3. The van der Waals surface area contributed by atoms with Crippen molar-refractivity contribution in [1.29, 1.82) is 0 Å². The van der Waals surface area contributed by atoms with Crippen molar-refractivity contribution >= 4 is 35.5 Å². The largest absolute Gasteiger partial charge is 0.287 e. The van der Waals surface area contributed by atoms with Crippen molar-refractivity contribution in [2.24, 2.45) is 10.8 Å². The molecule has 0 aromatic rings.